The Morgan fingerprint density at radius 1 is 1.33 bits per heavy atom. The maximum absolute atomic E-state index is 15.2. The van der Waals surface area contributed by atoms with Crippen molar-refractivity contribution >= 4 is 23.5 Å². The molecule has 2 N–H and O–H groups in total. The van der Waals surface area contributed by atoms with Crippen molar-refractivity contribution in [1.82, 2.24) is 14.9 Å². The van der Waals surface area contributed by atoms with Gasteiger partial charge in [-0.2, -0.15) is 4.98 Å². The van der Waals surface area contributed by atoms with E-state index < -0.39 is 11.4 Å². The van der Waals surface area contributed by atoms with Crippen LogP contribution in [0.3, 0.4) is 0 Å². The van der Waals surface area contributed by atoms with Crippen molar-refractivity contribution < 1.29 is 19.0 Å². The van der Waals surface area contributed by atoms with Crippen molar-refractivity contribution in [1.29, 1.82) is 0 Å². The fraction of sp³-hybridized carbons (Fsp3) is 0.476. The van der Waals surface area contributed by atoms with E-state index in [1.165, 1.54) is 0 Å². The lowest BCUT2D eigenvalue weighted by atomic mass is 10.1. The molecule has 0 spiro atoms. The molecule has 7 nitrogen and oxygen atoms in total. The van der Waals surface area contributed by atoms with Gasteiger partial charge < -0.3 is 20.1 Å². The Bertz CT molecular complexity index is 902. The molecular weight excluding hydrogens is 411 g/mol. The van der Waals surface area contributed by atoms with E-state index in [9.17, 15) is 9.90 Å². The largest absolute Gasteiger partial charge is 0.444 e. The summed E-state index contributed by atoms with van der Waals surface area (Å²) in [4.78, 5) is 22.0. The fourth-order valence-corrected chi connectivity index (χ4v) is 3.42. The molecule has 162 valence electrons. The number of nitrogens with one attached hydrogen (secondary N) is 1. The van der Waals surface area contributed by atoms with Crippen LogP contribution in [-0.4, -0.2) is 50.8 Å². The first-order valence-corrected chi connectivity index (χ1v) is 10.2. The highest BCUT2D eigenvalue weighted by Gasteiger charge is 2.28. The van der Waals surface area contributed by atoms with Crippen LogP contribution in [-0.2, 0) is 11.3 Å². The molecule has 1 atom stereocenters. The molecule has 1 amide bonds. The number of rotatable bonds is 4. The van der Waals surface area contributed by atoms with Gasteiger partial charge in [-0.1, -0.05) is 24.3 Å². The number of hydrogen-bond donors (Lipinski definition) is 2. The van der Waals surface area contributed by atoms with Crippen molar-refractivity contribution in [2.24, 2.45) is 0 Å². The molecule has 2 aromatic rings. The van der Waals surface area contributed by atoms with E-state index in [1.807, 2.05) is 20.8 Å². The summed E-state index contributed by atoms with van der Waals surface area (Å²) in [6, 6.07) is 6.52. The molecule has 0 radical (unpaired) electrons. The second-order valence-electron chi connectivity index (χ2n) is 8.27. The van der Waals surface area contributed by atoms with Crippen LogP contribution in [0.5, 0.6) is 0 Å². The highest BCUT2D eigenvalue weighted by Crippen LogP contribution is 2.28. The molecule has 30 heavy (non-hydrogen) atoms. The van der Waals surface area contributed by atoms with Gasteiger partial charge in [0.15, 0.2) is 11.6 Å². The maximum atomic E-state index is 15.2. The van der Waals surface area contributed by atoms with E-state index in [4.69, 9.17) is 16.3 Å². The Morgan fingerprint density at radius 3 is 2.67 bits per heavy atom. The van der Waals surface area contributed by atoms with Crippen LogP contribution in [0.25, 0.3) is 11.3 Å². The molecule has 2 heterocycles. The van der Waals surface area contributed by atoms with Crippen LogP contribution in [0.1, 0.15) is 39.2 Å². The standard InChI is InChI=1S/C21H26ClFN4O3/c1-21(2,3)30-20(29)27-10-4-5-15(11-27)24-18-16(23)17(25-19(22)26-18)14-8-6-13(12-28)7-9-14/h6-9,15,28H,4-5,10-12H2,1-3H3,(H,24,25,26)/t15-/m1/s1. The van der Waals surface area contributed by atoms with Gasteiger partial charge >= 0.3 is 6.09 Å². The van der Waals surface area contributed by atoms with E-state index in [0.29, 0.717) is 24.2 Å². The second-order valence-corrected chi connectivity index (χ2v) is 8.61. The van der Waals surface area contributed by atoms with Gasteiger partial charge in [-0.05, 0) is 50.8 Å². The van der Waals surface area contributed by atoms with Crippen LogP contribution in [0.4, 0.5) is 15.0 Å². The van der Waals surface area contributed by atoms with Gasteiger partial charge in [0.2, 0.25) is 5.28 Å². The summed E-state index contributed by atoms with van der Waals surface area (Å²) in [5.74, 6) is -0.627. The SMILES string of the molecule is CC(C)(C)OC(=O)N1CCC[C@@H](Nc2nc(Cl)nc(-c3ccc(CO)cc3)c2F)C1. The molecule has 1 aliphatic heterocycles. The van der Waals surface area contributed by atoms with Gasteiger partial charge in [0.05, 0.1) is 6.61 Å². The lowest BCUT2D eigenvalue weighted by molar-refractivity contribution is 0.0206. The Labute approximate surface area is 180 Å². The number of hydrogen-bond acceptors (Lipinski definition) is 6. The molecule has 1 aromatic carbocycles. The number of carbonyl (C=O) groups is 1. The van der Waals surface area contributed by atoms with Gasteiger partial charge in [0, 0.05) is 24.7 Å². The lowest BCUT2D eigenvalue weighted by Crippen LogP contribution is -2.47. The second kappa shape index (κ2) is 9.14. The number of aromatic nitrogens is 2. The molecular formula is C21H26ClFN4O3. The van der Waals surface area contributed by atoms with Crippen molar-refractivity contribution in [3.8, 4) is 11.3 Å². The molecule has 1 saturated heterocycles. The molecule has 1 aromatic heterocycles. The highest BCUT2D eigenvalue weighted by atomic mass is 35.5. The minimum atomic E-state index is -0.620. The zero-order valence-corrected chi connectivity index (χ0v) is 18.0. The third kappa shape index (κ3) is 5.58. The lowest BCUT2D eigenvalue weighted by Gasteiger charge is -2.34. The zero-order chi connectivity index (χ0) is 21.9. The molecule has 9 heteroatoms. The summed E-state index contributed by atoms with van der Waals surface area (Å²) in [5.41, 5.74) is 0.726. The number of nitrogens with zero attached hydrogens (tertiary/aromatic N) is 3. The highest BCUT2D eigenvalue weighted by molar-refractivity contribution is 6.28. The molecule has 3 rings (SSSR count). The van der Waals surface area contributed by atoms with Crippen molar-refractivity contribution in [3.63, 3.8) is 0 Å². The van der Waals surface area contributed by atoms with Crippen molar-refractivity contribution in [3.05, 3.63) is 40.9 Å². The Morgan fingerprint density at radius 2 is 2.03 bits per heavy atom. The molecule has 0 aliphatic carbocycles. The first-order valence-electron chi connectivity index (χ1n) is 9.84. The van der Waals surface area contributed by atoms with E-state index >= 15 is 4.39 Å². The average Bonchev–Trinajstić information content (AvgIpc) is 2.69. The minimum absolute atomic E-state index is 0.00715. The number of halogens is 2. The summed E-state index contributed by atoms with van der Waals surface area (Å²) < 4.78 is 20.6. The normalized spacial score (nSPS) is 17.0. The van der Waals surface area contributed by atoms with Gasteiger partial charge in [-0.25, -0.2) is 14.2 Å². The Kier molecular flexibility index (Phi) is 6.77. The van der Waals surface area contributed by atoms with Gasteiger partial charge in [0.25, 0.3) is 0 Å². The Balaban J connectivity index is 1.77. The summed E-state index contributed by atoms with van der Waals surface area (Å²) in [7, 11) is 0. The predicted octanol–water partition coefficient (Wildman–Crippen LogP) is 4.24. The summed E-state index contributed by atoms with van der Waals surface area (Å²) in [5, 5.41) is 12.2. The molecule has 0 bridgehead atoms. The maximum Gasteiger partial charge on any atom is 0.410 e. The summed E-state index contributed by atoms with van der Waals surface area (Å²) in [6.07, 6.45) is 1.12. The number of amides is 1. The van der Waals surface area contributed by atoms with Crippen molar-refractivity contribution in [2.45, 2.75) is 51.9 Å². The van der Waals surface area contributed by atoms with Crippen LogP contribution in [0, 0.1) is 5.82 Å². The summed E-state index contributed by atoms with van der Waals surface area (Å²) >= 11 is 6.05. The zero-order valence-electron chi connectivity index (χ0n) is 17.3. The number of aliphatic hydroxyl groups is 1. The average molecular weight is 437 g/mol. The van der Waals surface area contributed by atoms with E-state index in [1.54, 1.807) is 29.2 Å². The molecule has 0 unspecified atom stereocenters. The summed E-state index contributed by atoms with van der Waals surface area (Å²) in [6.45, 7) is 6.31. The number of benzene rings is 1. The molecule has 1 fully saturated rings. The number of anilines is 1. The monoisotopic (exact) mass is 436 g/mol. The van der Waals surface area contributed by atoms with E-state index in [-0.39, 0.29) is 35.5 Å². The van der Waals surface area contributed by atoms with Gasteiger partial charge in [-0.15, -0.1) is 0 Å². The van der Waals surface area contributed by atoms with E-state index in [0.717, 1.165) is 12.8 Å². The molecule has 1 aliphatic rings. The van der Waals surface area contributed by atoms with E-state index in [2.05, 4.69) is 15.3 Å². The Hall–Kier alpha value is -2.45. The quantitative estimate of drug-likeness (QED) is 0.697. The van der Waals surface area contributed by atoms with Crippen molar-refractivity contribution in [2.75, 3.05) is 18.4 Å². The van der Waals surface area contributed by atoms with Crippen LogP contribution >= 0.6 is 11.6 Å². The number of piperidine rings is 1. The first-order chi connectivity index (χ1) is 14.2. The topological polar surface area (TPSA) is 87.6 Å². The van der Waals surface area contributed by atoms with Gasteiger partial charge in [-0.3, -0.25) is 0 Å². The first kappa shape index (κ1) is 22.2. The van der Waals surface area contributed by atoms with Crippen LogP contribution in [0.15, 0.2) is 24.3 Å². The smallest absolute Gasteiger partial charge is 0.410 e. The fourth-order valence-electron chi connectivity index (χ4n) is 3.26. The third-order valence-corrected chi connectivity index (χ3v) is 4.82. The molecule has 0 saturated carbocycles. The minimum Gasteiger partial charge on any atom is -0.444 e. The van der Waals surface area contributed by atoms with Crippen LogP contribution in [0.2, 0.25) is 5.28 Å². The van der Waals surface area contributed by atoms with Crippen LogP contribution < -0.4 is 5.32 Å². The third-order valence-electron chi connectivity index (χ3n) is 4.65. The number of aliphatic hydroxyl groups excluding tert-OH is 1. The van der Waals surface area contributed by atoms with Gasteiger partial charge in [0.1, 0.15) is 11.3 Å². The number of carbonyl (C=O) groups excluding carboxylic acids is 1. The predicted molar refractivity (Wildman–Crippen MR) is 113 cm³/mol. The number of ether oxygens (including phenoxy) is 1. The number of likely N-dealkylation sites (tertiary alicyclic amines) is 1.